The molecular weight excluding hydrogens is 228 g/mol. The van der Waals surface area contributed by atoms with Gasteiger partial charge >= 0.3 is 5.97 Å². The first-order valence-electron chi connectivity index (χ1n) is 5.41. The van der Waals surface area contributed by atoms with E-state index in [0.717, 1.165) is 11.3 Å². The predicted molar refractivity (Wildman–Crippen MR) is 71.6 cm³/mol. The van der Waals surface area contributed by atoms with Crippen LogP contribution < -0.4 is 11.6 Å². The van der Waals surface area contributed by atoms with E-state index in [0.29, 0.717) is 5.56 Å². The van der Waals surface area contributed by atoms with Crippen molar-refractivity contribution in [1.82, 2.24) is 0 Å². The number of rotatable bonds is 1. The number of carbonyl (C=O) groups excluding carboxylic acids is 1. The standard InChI is InChI=1S/C8H9NO2.C6H7N/c1-6-2-4-7(5-3-6)8(10)11-9;7-6-4-2-1-3-5-6/h2-5H,9H2,1H3;1-5H,7H2. The van der Waals surface area contributed by atoms with Crippen molar-refractivity contribution in [3.63, 3.8) is 0 Å². The summed E-state index contributed by atoms with van der Waals surface area (Å²) < 4.78 is 0. The SMILES string of the molecule is Cc1ccc(C(=O)ON)cc1.Nc1ccccc1. The van der Waals surface area contributed by atoms with E-state index < -0.39 is 5.97 Å². The van der Waals surface area contributed by atoms with Crippen molar-refractivity contribution < 1.29 is 9.63 Å². The highest BCUT2D eigenvalue weighted by atomic mass is 16.7. The van der Waals surface area contributed by atoms with Crippen molar-refractivity contribution in [1.29, 1.82) is 0 Å². The van der Waals surface area contributed by atoms with Gasteiger partial charge in [-0.1, -0.05) is 35.9 Å². The third-order valence-corrected chi connectivity index (χ3v) is 2.19. The molecule has 18 heavy (non-hydrogen) atoms. The van der Waals surface area contributed by atoms with E-state index in [9.17, 15) is 4.79 Å². The number of nitrogens with two attached hydrogens (primary N) is 2. The maximum Gasteiger partial charge on any atom is 0.356 e. The number of carbonyl (C=O) groups is 1. The zero-order chi connectivity index (χ0) is 13.4. The second-order valence-electron chi connectivity index (χ2n) is 3.68. The predicted octanol–water partition coefficient (Wildman–Crippen LogP) is 2.29. The number of hydrogen-bond acceptors (Lipinski definition) is 4. The van der Waals surface area contributed by atoms with Crippen molar-refractivity contribution in [2.75, 3.05) is 5.73 Å². The van der Waals surface area contributed by atoms with Gasteiger partial charge in [0, 0.05) is 5.69 Å². The Bertz CT molecular complexity index is 481. The van der Waals surface area contributed by atoms with Gasteiger partial charge in [-0.15, -0.1) is 0 Å². The number of para-hydroxylation sites is 1. The fourth-order valence-electron chi connectivity index (χ4n) is 1.21. The molecule has 0 saturated carbocycles. The lowest BCUT2D eigenvalue weighted by molar-refractivity contribution is 0.0503. The first kappa shape index (κ1) is 13.7. The summed E-state index contributed by atoms with van der Waals surface area (Å²) in [5.41, 5.74) is 7.75. The van der Waals surface area contributed by atoms with Crippen LogP contribution in [0.5, 0.6) is 0 Å². The van der Waals surface area contributed by atoms with Crippen LogP contribution in [0.1, 0.15) is 15.9 Å². The fourth-order valence-corrected chi connectivity index (χ4v) is 1.21. The Morgan fingerprint density at radius 1 is 1.00 bits per heavy atom. The molecule has 0 saturated heterocycles. The minimum Gasteiger partial charge on any atom is -0.399 e. The summed E-state index contributed by atoms with van der Waals surface area (Å²) in [5, 5.41) is 0. The van der Waals surface area contributed by atoms with Gasteiger partial charge in [-0.3, -0.25) is 0 Å². The van der Waals surface area contributed by atoms with Crippen LogP contribution in [0.15, 0.2) is 54.6 Å². The molecule has 0 fully saturated rings. The summed E-state index contributed by atoms with van der Waals surface area (Å²) in [6, 6.07) is 16.5. The molecule has 2 aromatic rings. The van der Waals surface area contributed by atoms with Gasteiger partial charge in [0.25, 0.3) is 0 Å². The Morgan fingerprint density at radius 2 is 1.56 bits per heavy atom. The Kier molecular flexibility index (Phi) is 5.41. The Hall–Kier alpha value is -2.33. The minimum atomic E-state index is -0.509. The lowest BCUT2D eigenvalue weighted by Crippen LogP contribution is -2.09. The molecule has 0 aliphatic carbocycles. The maximum atomic E-state index is 10.8. The lowest BCUT2D eigenvalue weighted by Gasteiger charge is -1.96. The summed E-state index contributed by atoms with van der Waals surface area (Å²) in [6.07, 6.45) is 0. The topological polar surface area (TPSA) is 78.3 Å². The molecule has 0 bridgehead atoms. The van der Waals surface area contributed by atoms with Crippen molar-refractivity contribution in [2.45, 2.75) is 6.92 Å². The molecule has 2 rings (SSSR count). The van der Waals surface area contributed by atoms with E-state index in [4.69, 9.17) is 11.6 Å². The number of anilines is 1. The summed E-state index contributed by atoms with van der Waals surface area (Å²) in [5.74, 6) is 4.18. The zero-order valence-corrected chi connectivity index (χ0v) is 10.2. The Morgan fingerprint density at radius 3 is 1.94 bits per heavy atom. The van der Waals surface area contributed by atoms with Crippen molar-refractivity contribution >= 4 is 11.7 Å². The van der Waals surface area contributed by atoms with E-state index in [2.05, 4.69) is 4.84 Å². The highest BCUT2D eigenvalue weighted by molar-refractivity contribution is 5.89. The summed E-state index contributed by atoms with van der Waals surface area (Å²) >= 11 is 0. The van der Waals surface area contributed by atoms with Crippen LogP contribution in [0.25, 0.3) is 0 Å². The summed E-state index contributed by atoms with van der Waals surface area (Å²) in [7, 11) is 0. The van der Waals surface area contributed by atoms with Crippen LogP contribution in [-0.4, -0.2) is 5.97 Å². The molecule has 94 valence electrons. The van der Waals surface area contributed by atoms with Gasteiger partial charge in [0.1, 0.15) is 0 Å². The quantitative estimate of drug-likeness (QED) is 0.596. The van der Waals surface area contributed by atoms with Gasteiger partial charge in [0.05, 0.1) is 5.56 Å². The molecular formula is C14H16N2O2. The summed E-state index contributed by atoms with van der Waals surface area (Å²) in [4.78, 5) is 14.8. The Balaban J connectivity index is 0.000000199. The molecule has 0 unspecified atom stereocenters. The van der Waals surface area contributed by atoms with Crippen LogP contribution in [-0.2, 0) is 4.84 Å². The smallest absolute Gasteiger partial charge is 0.356 e. The van der Waals surface area contributed by atoms with Crippen LogP contribution in [0, 0.1) is 6.92 Å². The minimum absolute atomic E-state index is 0.470. The lowest BCUT2D eigenvalue weighted by atomic mass is 10.2. The second-order valence-corrected chi connectivity index (χ2v) is 3.68. The van der Waals surface area contributed by atoms with Crippen LogP contribution in [0.3, 0.4) is 0 Å². The van der Waals surface area contributed by atoms with Crippen LogP contribution in [0.2, 0.25) is 0 Å². The van der Waals surface area contributed by atoms with Gasteiger partial charge in [0.15, 0.2) is 0 Å². The Labute approximate surface area is 106 Å². The molecule has 0 spiro atoms. The number of hydrogen-bond donors (Lipinski definition) is 2. The van der Waals surface area contributed by atoms with Gasteiger partial charge in [-0.05, 0) is 31.2 Å². The average Bonchev–Trinajstić information content (AvgIpc) is 2.40. The first-order valence-corrected chi connectivity index (χ1v) is 5.41. The van der Waals surface area contributed by atoms with Crippen molar-refractivity contribution in [2.24, 2.45) is 5.90 Å². The monoisotopic (exact) mass is 244 g/mol. The maximum absolute atomic E-state index is 10.8. The molecule has 0 aliphatic heterocycles. The van der Waals surface area contributed by atoms with E-state index in [1.807, 2.05) is 49.4 Å². The van der Waals surface area contributed by atoms with E-state index >= 15 is 0 Å². The van der Waals surface area contributed by atoms with Crippen molar-refractivity contribution in [3.05, 3.63) is 65.7 Å². The molecule has 0 aliphatic rings. The van der Waals surface area contributed by atoms with Gasteiger partial charge in [-0.2, -0.15) is 5.90 Å². The van der Waals surface area contributed by atoms with Crippen LogP contribution in [0.4, 0.5) is 5.69 Å². The molecule has 0 amide bonds. The van der Waals surface area contributed by atoms with E-state index in [-0.39, 0.29) is 0 Å². The molecule has 0 heterocycles. The molecule has 2 aromatic carbocycles. The molecule has 4 heteroatoms. The molecule has 0 radical (unpaired) electrons. The molecule has 4 N–H and O–H groups in total. The zero-order valence-electron chi connectivity index (χ0n) is 10.2. The highest BCUT2D eigenvalue weighted by Crippen LogP contribution is 2.03. The average molecular weight is 244 g/mol. The van der Waals surface area contributed by atoms with Crippen molar-refractivity contribution in [3.8, 4) is 0 Å². The number of aryl methyl sites for hydroxylation is 1. The van der Waals surface area contributed by atoms with Gasteiger partial charge in [-0.25, -0.2) is 4.79 Å². The summed E-state index contributed by atoms with van der Waals surface area (Å²) in [6.45, 7) is 1.94. The normalized spacial score (nSPS) is 9.00. The second kappa shape index (κ2) is 7.09. The molecule has 4 nitrogen and oxygen atoms in total. The molecule has 0 aromatic heterocycles. The van der Waals surface area contributed by atoms with Gasteiger partial charge < -0.3 is 10.6 Å². The van der Waals surface area contributed by atoms with Gasteiger partial charge in [0.2, 0.25) is 0 Å². The molecule has 0 atom stereocenters. The van der Waals surface area contributed by atoms with Crippen LogP contribution >= 0.6 is 0 Å². The highest BCUT2D eigenvalue weighted by Gasteiger charge is 2.02. The third-order valence-electron chi connectivity index (χ3n) is 2.19. The fraction of sp³-hybridized carbons (Fsp3) is 0.0714. The number of nitrogen functional groups attached to an aromatic ring is 1. The number of benzene rings is 2. The third kappa shape index (κ3) is 4.67. The first-order chi connectivity index (χ1) is 8.63. The van der Waals surface area contributed by atoms with E-state index in [1.54, 1.807) is 12.1 Å². The van der Waals surface area contributed by atoms with E-state index in [1.165, 1.54) is 0 Å². The largest absolute Gasteiger partial charge is 0.399 e.